The van der Waals surface area contributed by atoms with E-state index in [1.54, 1.807) is 12.1 Å². The summed E-state index contributed by atoms with van der Waals surface area (Å²) in [7, 11) is 0. The Morgan fingerprint density at radius 2 is 1.59 bits per heavy atom. The first-order valence-corrected chi connectivity index (χ1v) is 9.70. The minimum Gasteiger partial charge on any atom is -0.331 e. The summed E-state index contributed by atoms with van der Waals surface area (Å²) in [4.78, 5) is 12.9. The van der Waals surface area contributed by atoms with E-state index in [1.807, 2.05) is 24.3 Å². The fourth-order valence-electron chi connectivity index (χ4n) is 3.88. The van der Waals surface area contributed by atoms with Crippen molar-refractivity contribution in [1.29, 1.82) is 0 Å². The molecule has 1 saturated carbocycles. The van der Waals surface area contributed by atoms with Crippen molar-refractivity contribution in [2.45, 2.75) is 24.6 Å². The van der Waals surface area contributed by atoms with Crippen LogP contribution < -0.4 is 0 Å². The van der Waals surface area contributed by atoms with Gasteiger partial charge >= 0.3 is 12.1 Å². The maximum absolute atomic E-state index is 13.1. The van der Waals surface area contributed by atoms with Gasteiger partial charge < -0.3 is 4.90 Å². The molecule has 1 saturated heterocycles. The number of nitrogens with zero attached hydrogens (tertiary/aromatic N) is 2. The molecule has 2 aromatic rings. The van der Waals surface area contributed by atoms with Crippen LogP contribution in [0.5, 0.6) is 0 Å². The van der Waals surface area contributed by atoms with Crippen molar-refractivity contribution < 1.29 is 22.4 Å². The van der Waals surface area contributed by atoms with Crippen LogP contribution in [0, 0.1) is 11.7 Å². The summed E-state index contributed by atoms with van der Waals surface area (Å²) in [5.74, 6) is -2.25. The molecule has 29 heavy (non-hydrogen) atoms. The van der Waals surface area contributed by atoms with Crippen molar-refractivity contribution in [2.24, 2.45) is 5.92 Å². The zero-order valence-corrected chi connectivity index (χ0v) is 16.1. The summed E-state index contributed by atoms with van der Waals surface area (Å²) in [5, 5.41) is 0. The first-order valence-electron chi connectivity index (χ1n) is 9.37. The van der Waals surface area contributed by atoms with Gasteiger partial charge in [-0.15, -0.1) is 0 Å². The van der Waals surface area contributed by atoms with Gasteiger partial charge in [-0.05, 0) is 47.0 Å². The molecule has 3 nitrogen and oxygen atoms in total. The number of amides is 1. The van der Waals surface area contributed by atoms with Gasteiger partial charge in [0.1, 0.15) is 5.82 Å². The molecule has 1 aliphatic carbocycles. The van der Waals surface area contributed by atoms with Crippen molar-refractivity contribution in [3.05, 3.63) is 59.9 Å². The van der Waals surface area contributed by atoms with E-state index < -0.39 is 18.1 Å². The van der Waals surface area contributed by atoms with E-state index in [9.17, 15) is 22.4 Å². The lowest BCUT2D eigenvalue weighted by Crippen LogP contribution is -2.52. The van der Waals surface area contributed by atoms with Gasteiger partial charge in [0.2, 0.25) is 0 Å². The number of carbonyl (C=O) groups excluding carboxylic acids is 1. The lowest BCUT2D eigenvalue weighted by Gasteiger charge is -2.37. The molecule has 0 bridgehead atoms. The standard InChI is InChI=1S/C21H19ClF4N2O/c22-27-10-13(11-27)12-28(20(29)21(24,25)26)19-9-18(19)16-3-1-14(2-4-16)15-5-7-17(23)8-6-15/h1-8,13,18-19H,9-12H2. The SMILES string of the molecule is O=C(N(CC1CN(Cl)C1)C1CC1c1ccc(-c2ccc(F)cc2)cc1)C(F)(F)F. The van der Waals surface area contributed by atoms with Gasteiger partial charge in [-0.2, -0.15) is 13.2 Å². The Hall–Kier alpha value is -2.12. The molecule has 0 N–H and O–H groups in total. The summed E-state index contributed by atoms with van der Waals surface area (Å²) in [6.07, 6.45) is -4.38. The van der Waals surface area contributed by atoms with Crippen LogP contribution in [0.15, 0.2) is 48.5 Å². The molecule has 2 atom stereocenters. The topological polar surface area (TPSA) is 23.6 Å². The van der Waals surface area contributed by atoms with Crippen LogP contribution in [-0.2, 0) is 4.79 Å². The first-order chi connectivity index (χ1) is 13.7. The molecule has 0 aromatic heterocycles. The molecule has 0 radical (unpaired) electrons. The Morgan fingerprint density at radius 3 is 2.10 bits per heavy atom. The van der Waals surface area contributed by atoms with Crippen molar-refractivity contribution >= 4 is 17.7 Å². The number of halogens is 5. The zero-order valence-electron chi connectivity index (χ0n) is 15.4. The quantitative estimate of drug-likeness (QED) is 0.505. The van der Waals surface area contributed by atoms with E-state index in [1.165, 1.54) is 16.6 Å². The van der Waals surface area contributed by atoms with Crippen LogP contribution in [0.25, 0.3) is 11.1 Å². The van der Waals surface area contributed by atoms with E-state index in [2.05, 4.69) is 0 Å². The summed E-state index contributed by atoms with van der Waals surface area (Å²) < 4.78 is 53.8. The first kappa shape index (κ1) is 20.2. The highest BCUT2D eigenvalue weighted by atomic mass is 35.5. The van der Waals surface area contributed by atoms with E-state index in [0.717, 1.165) is 21.6 Å². The Bertz CT molecular complexity index is 879. The summed E-state index contributed by atoms with van der Waals surface area (Å²) in [5.41, 5.74) is 2.65. The molecule has 1 amide bonds. The molecule has 2 aliphatic rings. The second kappa shape index (κ2) is 7.61. The van der Waals surface area contributed by atoms with Crippen LogP contribution in [0.1, 0.15) is 17.9 Å². The molecule has 1 heterocycles. The number of carbonyl (C=O) groups is 1. The third kappa shape index (κ3) is 4.41. The molecule has 2 fully saturated rings. The van der Waals surface area contributed by atoms with Gasteiger partial charge in [-0.25, -0.2) is 8.81 Å². The van der Waals surface area contributed by atoms with Crippen LogP contribution in [0.4, 0.5) is 17.6 Å². The maximum Gasteiger partial charge on any atom is 0.471 e. The molecule has 2 unspecified atom stereocenters. The van der Waals surface area contributed by atoms with Crippen LogP contribution in [-0.4, -0.2) is 47.1 Å². The molecular weight excluding hydrogens is 408 g/mol. The van der Waals surface area contributed by atoms with Gasteiger partial charge in [0, 0.05) is 37.5 Å². The van der Waals surface area contributed by atoms with Crippen molar-refractivity contribution in [3.63, 3.8) is 0 Å². The minimum atomic E-state index is -4.88. The molecule has 1 aliphatic heterocycles. The van der Waals surface area contributed by atoms with E-state index in [0.29, 0.717) is 19.5 Å². The largest absolute Gasteiger partial charge is 0.471 e. The van der Waals surface area contributed by atoms with Gasteiger partial charge in [-0.3, -0.25) is 4.79 Å². The summed E-state index contributed by atoms with van der Waals surface area (Å²) in [6.45, 7) is 1.02. The van der Waals surface area contributed by atoms with Crippen molar-refractivity contribution in [3.8, 4) is 11.1 Å². The number of hydrogen-bond donors (Lipinski definition) is 0. The maximum atomic E-state index is 13.1. The smallest absolute Gasteiger partial charge is 0.331 e. The fraction of sp³-hybridized carbons (Fsp3) is 0.381. The average molecular weight is 427 g/mol. The van der Waals surface area contributed by atoms with E-state index in [4.69, 9.17) is 11.8 Å². The van der Waals surface area contributed by atoms with E-state index >= 15 is 0 Å². The zero-order chi connectivity index (χ0) is 20.8. The Balaban J connectivity index is 1.47. The lowest BCUT2D eigenvalue weighted by molar-refractivity contribution is -0.187. The minimum absolute atomic E-state index is 0.0408. The van der Waals surface area contributed by atoms with Gasteiger partial charge in [-0.1, -0.05) is 36.4 Å². The Labute approximate surface area is 171 Å². The average Bonchev–Trinajstić information content (AvgIpc) is 3.44. The van der Waals surface area contributed by atoms with Gasteiger partial charge in [0.25, 0.3) is 0 Å². The van der Waals surface area contributed by atoms with Crippen molar-refractivity contribution in [1.82, 2.24) is 9.32 Å². The highest BCUT2D eigenvalue weighted by Crippen LogP contribution is 2.46. The van der Waals surface area contributed by atoms with Crippen LogP contribution in [0.2, 0.25) is 0 Å². The third-order valence-electron chi connectivity index (χ3n) is 5.54. The third-order valence-corrected chi connectivity index (χ3v) is 5.82. The summed E-state index contributed by atoms with van der Waals surface area (Å²) >= 11 is 5.78. The normalized spacial score (nSPS) is 22.2. The highest BCUT2D eigenvalue weighted by molar-refractivity contribution is 6.13. The van der Waals surface area contributed by atoms with E-state index in [-0.39, 0.29) is 24.2 Å². The predicted molar refractivity (Wildman–Crippen MR) is 102 cm³/mol. The van der Waals surface area contributed by atoms with Crippen molar-refractivity contribution in [2.75, 3.05) is 19.6 Å². The molecule has 154 valence electrons. The fourth-order valence-corrected chi connectivity index (χ4v) is 4.27. The molecular formula is C21H19ClF4N2O. The number of hydrogen-bond acceptors (Lipinski definition) is 2. The molecule has 8 heteroatoms. The Kier molecular flexibility index (Phi) is 5.29. The molecule has 2 aromatic carbocycles. The Morgan fingerprint density at radius 1 is 1.03 bits per heavy atom. The van der Waals surface area contributed by atoms with Gasteiger partial charge in [0.15, 0.2) is 0 Å². The number of rotatable bonds is 5. The van der Waals surface area contributed by atoms with Crippen LogP contribution >= 0.6 is 11.8 Å². The molecule has 0 spiro atoms. The predicted octanol–water partition coefficient (Wildman–Crippen LogP) is 4.83. The lowest BCUT2D eigenvalue weighted by atomic mass is 10.0. The second-order valence-corrected chi connectivity index (χ2v) is 8.17. The number of alkyl halides is 3. The number of benzene rings is 2. The monoisotopic (exact) mass is 426 g/mol. The highest BCUT2D eigenvalue weighted by Gasteiger charge is 2.52. The molecule has 4 rings (SSSR count). The van der Waals surface area contributed by atoms with Gasteiger partial charge in [0.05, 0.1) is 0 Å². The second-order valence-electron chi connectivity index (χ2n) is 7.69. The summed E-state index contributed by atoms with van der Waals surface area (Å²) in [6, 6.07) is 13.1. The van der Waals surface area contributed by atoms with Crippen LogP contribution in [0.3, 0.4) is 0 Å².